The molecule has 0 aromatic rings. The summed E-state index contributed by atoms with van der Waals surface area (Å²) in [6.45, 7) is -17.6. The van der Waals surface area contributed by atoms with E-state index in [1.807, 2.05) is 0 Å². The number of hydrogen-bond donors (Lipinski definition) is 24. The molecule has 110 heavy (non-hydrogen) atoms. The van der Waals surface area contributed by atoms with E-state index in [-0.39, 0.29) is 152 Å². The minimum atomic E-state index is -1.44. The van der Waals surface area contributed by atoms with E-state index in [2.05, 4.69) is 0 Å². The summed E-state index contributed by atoms with van der Waals surface area (Å²) < 4.78 is 119. The molecule has 22 atom stereocenters. The molecular weight excluding hydrogens is 1500 g/mol. The Kier molecular flexibility index (Phi) is 72.4. The average Bonchev–Trinajstić information content (AvgIpc) is 0.925. The normalized spacial score (nSPS) is 18.4. The van der Waals surface area contributed by atoms with Gasteiger partial charge in [0.05, 0.1) is 284 Å². The van der Waals surface area contributed by atoms with Crippen molar-refractivity contribution in [2.45, 2.75) is 134 Å². The van der Waals surface area contributed by atoms with Crippen LogP contribution in [0.5, 0.6) is 0 Å². The molecule has 45 heteroatoms. The fourth-order valence-electron chi connectivity index (χ4n) is 8.02. The molecule has 0 bridgehead atoms. The van der Waals surface area contributed by atoms with Crippen molar-refractivity contribution in [2.24, 2.45) is 0 Å². The van der Waals surface area contributed by atoms with Crippen LogP contribution in [-0.2, 0) is 99.5 Å². The van der Waals surface area contributed by atoms with Gasteiger partial charge in [0.25, 0.3) is 0 Å². The molecule has 24 N–H and O–H groups in total. The van der Waals surface area contributed by atoms with Gasteiger partial charge in [0.15, 0.2) is 6.29 Å². The predicted molar refractivity (Wildman–Crippen MR) is 369 cm³/mol. The number of aliphatic hydroxyl groups is 24. The van der Waals surface area contributed by atoms with Gasteiger partial charge >= 0.3 is 0 Å². The fraction of sp³-hybridized carbons (Fsp3) is 1.00. The van der Waals surface area contributed by atoms with E-state index >= 15 is 0 Å². The summed E-state index contributed by atoms with van der Waals surface area (Å²) >= 11 is 0. The molecule has 0 aromatic heterocycles. The first-order valence-electron chi connectivity index (χ1n) is 36.0. The van der Waals surface area contributed by atoms with Crippen LogP contribution < -0.4 is 0 Å². The maximum atomic E-state index is 11.1. The van der Waals surface area contributed by atoms with Gasteiger partial charge in [-0.2, -0.15) is 0 Å². The van der Waals surface area contributed by atoms with Crippen molar-refractivity contribution in [2.75, 3.05) is 284 Å². The summed E-state index contributed by atoms with van der Waals surface area (Å²) in [6, 6.07) is 0. The Morgan fingerprint density at radius 1 is 0.118 bits per heavy atom. The molecule has 0 saturated carbocycles. The lowest BCUT2D eigenvalue weighted by atomic mass is 10.3. The maximum Gasteiger partial charge on any atom is 0.181 e. The van der Waals surface area contributed by atoms with Gasteiger partial charge in [-0.25, -0.2) is 0 Å². The van der Waals surface area contributed by atoms with Crippen molar-refractivity contribution in [1.29, 1.82) is 0 Å². The first-order chi connectivity index (χ1) is 52.8. The smallest absolute Gasteiger partial charge is 0.181 e. The second kappa shape index (κ2) is 73.6. The lowest BCUT2D eigenvalue weighted by molar-refractivity contribution is -0.211. The highest BCUT2D eigenvalue weighted by atomic mass is 16.7. The third-order valence-electron chi connectivity index (χ3n) is 13.8. The average molecular weight is 1630 g/mol. The Morgan fingerprint density at radius 3 is 0.455 bits per heavy atom. The van der Waals surface area contributed by atoms with Crippen LogP contribution in [0.25, 0.3) is 0 Å². The standard InChI is InChI=1S/C65H132O45/c66-1-44(74)9-90-16-52(82)20-96-26-58(88)31-107-63(39-102-36-61(106-30-57(87)25-95-14-49(79)6-71)34-99-22-54(84)18-92-11-46(76)3-68)41-108-64(42-110-65(43-100-23-55(85)19-93-12-47(77)4-69)109-32-59(89)27-97-21-53(83)17-91-10-45(75)2-67)40-103-38-62(104-28-51(81)8-73)37-101-35-60(33-98-15-50(80)7-72)105-29-56(86)24-94-13-48(78)5-70/h44-89H,1-43H2. The fourth-order valence-corrected chi connectivity index (χ4v) is 8.02. The predicted octanol–water partition coefficient (Wildman–Crippen LogP) is -14.8. The van der Waals surface area contributed by atoms with Crippen molar-refractivity contribution in [3.8, 4) is 0 Å². The summed E-state index contributed by atoms with van der Waals surface area (Å²) in [6.07, 6.45) is -27.1. The van der Waals surface area contributed by atoms with E-state index in [4.69, 9.17) is 120 Å². The molecule has 22 unspecified atom stereocenters. The second-order valence-electron chi connectivity index (χ2n) is 25.3. The molecule has 0 aliphatic rings. The van der Waals surface area contributed by atoms with Crippen molar-refractivity contribution >= 4 is 0 Å². The maximum absolute atomic E-state index is 11.1. The highest BCUT2D eigenvalue weighted by molar-refractivity contribution is 4.71. The summed E-state index contributed by atoms with van der Waals surface area (Å²) in [5.74, 6) is 0. The zero-order valence-electron chi connectivity index (χ0n) is 62.4. The van der Waals surface area contributed by atoms with E-state index in [1.165, 1.54) is 0 Å². The molecule has 0 radical (unpaired) electrons. The highest BCUT2D eigenvalue weighted by Crippen LogP contribution is 2.12. The van der Waals surface area contributed by atoms with Crippen LogP contribution >= 0.6 is 0 Å². The minimum Gasteiger partial charge on any atom is -0.394 e. The van der Waals surface area contributed by atoms with Crippen LogP contribution in [0.2, 0.25) is 0 Å². The largest absolute Gasteiger partial charge is 0.394 e. The molecule has 0 heterocycles. The molecule has 0 aromatic carbocycles. The van der Waals surface area contributed by atoms with Crippen molar-refractivity contribution in [1.82, 2.24) is 0 Å². The molecule has 45 nitrogen and oxygen atoms in total. The van der Waals surface area contributed by atoms with Crippen LogP contribution in [0.1, 0.15) is 0 Å². The van der Waals surface area contributed by atoms with Gasteiger partial charge in [0.2, 0.25) is 0 Å². The SMILES string of the molecule is OCC(O)COCC(O)COCC(O)COC(COCC(COCC(O)COCC(O)CO)OCC(O)COCC(O)CO)COC(COCC(COCC(COCC(O)CO)OCC(O)COCC(O)CO)OCC(O)CO)COC(COCC(O)COCC(O)CO)OCC(O)COCC(O)COCC(O)CO. The molecule has 662 valence electrons. The van der Waals surface area contributed by atoms with Gasteiger partial charge in [-0.3, -0.25) is 0 Å². The Balaban J connectivity index is 7.39. The van der Waals surface area contributed by atoms with Crippen LogP contribution in [-0.4, -0.2) is 541 Å². The number of aliphatic hydroxyl groups excluding tert-OH is 24. The number of ether oxygens (including phenoxy) is 21. The quantitative estimate of drug-likeness (QED) is 0.0251. The van der Waals surface area contributed by atoms with Crippen LogP contribution in [0.4, 0.5) is 0 Å². The molecule has 0 fully saturated rings. The summed E-state index contributed by atoms with van der Waals surface area (Å²) in [4.78, 5) is 0. The zero-order chi connectivity index (χ0) is 82.0. The van der Waals surface area contributed by atoms with Crippen molar-refractivity contribution < 1.29 is 222 Å². The molecule has 0 aliphatic carbocycles. The summed E-state index contributed by atoms with van der Waals surface area (Å²) in [5.41, 5.74) is 0. The highest BCUT2D eigenvalue weighted by Gasteiger charge is 2.26. The zero-order valence-corrected chi connectivity index (χ0v) is 62.4. The van der Waals surface area contributed by atoms with Crippen LogP contribution in [0.3, 0.4) is 0 Å². The Labute approximate surface area is 639 Å². The molecule has 0 rings (SSSR count). The first-order valence-corrected chi connectivity index (χ1v) is 36.0. The van der Waals surface area contributed by atoms with Crippen molar-refractivity contribution in [3.63, 3.8) is 0 Å². The van der Waals surface area contributed by atoms with E-state index in [9.17, 15) is 102 Å². The number of hydrogen-bond acceptors (Lipinski definition) is 45. The van der Waals surface area contributed by atoms with Gasteiger partial charge in [-0.05, 0) is 0 Å². The van der Waals surface area contributed by atoms with Gasteiger partial charge in [0, 0.05) is 0 Å². The first kappa shape index (κ1) is 108. The summed E-state index contributed by atoms with van der Waals surface area (Å²) in [5, 5.41) is 237. The van der Waals surface area contributed by atoms with Crippen molar-refractivity contribution in [3.05, 3.63) is 0 Å². The Morgan fingerprint density at radius 2 is 0.236 bits per heavy atom. The van der Waals surface area contributed by atoms with E-state index < -0.39 is 267 Å². The number of rotatable bonds is 85. The van der Waals surface area contributed by atoms with E-state index in [0.29, 0.717) is 0 Å². The molecule has 0 aliphatic heterocycles. The van der Waals surface area contributed by atoms with Crippen LogP contribution in [0.15, 0.2) is 0 Å². The molecule has 0 saturated heterocycles. The Bertz CT molecular complexity index is 1930. The summed E-state index contributed by atoms with van der Waals surface area (Å²) in [7, 11) is 0. The van der Waals surface area contributed by atoms with E-state index in [1.54, 1.807) is 0 Å². The van der Waals surface area contributed by atoms with Gasteiger partial charge in [0.1, 0.15) is 128 Å². The van der Waals surface area contributed by atoms with Crippen LogP contribution in [0, 0.1) is 0 Å². The topological polar surface area (TPSA) is 679 Å². The van der Waals surface area contributed by atoms with Gasteiger partial charge < -0.3 is 222 Å². The molecular formula is C65H132O45. The molecule has 0 spiro atoms. The lowest BCUT2D eigenvalue weighted by Crippen LogP contribution is -2.39. The van der Waals surface area contributed by atoms with E-state index in [0.717, 1.165) is 0 Å². The Hall–Kier alpha value is -1.80. The minimum absolute atomic E-state index is 0.249. The van der Waals surface area contributed by atoms with Gasteiger partial charge in [-0.15, -0.1) is 0 Å². The third-order valence-corrected chi connectivity index (χ3v) is 13.8. The molecule has 0 amide bonds. The van der Waals surface area contributed by atoms with Gasteiger partial charge in [-0.1, -0.05) is 0 Å². The second-order valence-corrected chi connectivity index (χ2v) is 25.3. The monoisotopic (exact) mass is 1630 g/mol. The lowest BCUT2D eigenvalue weighted by Gasteiger charge is -2.27. The third kappa shape index (κ3) is 66.2.